The van der Waals surface area contributed by atoms with Crippen molar-refractivity contribution in [3.05, 3.63) is 59.7 Å². The summed E-state index contributed by atoms with van der Waals surface area (Å²) in [5.41, 5.74) is 3.01. The van der Waals surface area contributed by atoms with Gasteiger partial charge in [-0.05, 0) is 72.7 Å². The van der Waals surface area contributed by atoms with Gasteiger partial charge in [-0.1, -0.05) is 24.3 Å². The van der Waals surface area contributed by atoms with Crippen molar-refractivity contribution >= 4 is 93.8 Å². The minimum absolute atomic E-state index is 0.149. The van der Waals surface area contributed by atoms with Crippen molar-refractivity contribution in [3.8, 4) is 0 Å². The molecule has 34 heteroatoms. The first-order valence-electron chi connectivity index (χ1n) is 30.1. The van der Waals surface area contributed by atoms with E-state index in [0.29, 0.717) is 100 Å². The molecule has 2 fully saturated rings. The van der Waals surface area contributed by atoms with E-state index < -0.39 is 59.8 Å². The fourth-order valence-corrected chi connectivity index (χ4v) is 10.7. The van der Waals surface area contributed by atoms with Crippen LogP contribution in [-0.4, -0.2) is 360 Å². The van der Waals surface area contributed by atoms with E-state index >= 15 is 0 Å². The number of benzene rings is 2. The fraction of sp³-hybridized carbons (Fsp3) is 0.621. The normalized spacial score (nSPS) is 18.0. The SMILES string of the molecule is O=C(O)CN1CCN(CC(=O)O)CCN(CC(=O)O)C(Cc2ccc(NC(=S)NCCOCCOCCOCCOCCNC(=S)Nc3ccc(CC4CN(CC(=O)O)CCN(CC(=O)O)CCN(CC(=O)O)CCN4CC(=O)O)cc3)cc2)CN(CC(=O)O)CC1. The number of nitrogens with zero attached hydrogens (tertiary/aromatic N) is 8. The lowest BCUT2D eigenvalue weighted by molar-refractivity contribution is -0.142. The maximum Gasteiger partial charge on any atom is 0.317 e. The lowest BCUT2D eigenvalue weighted by atomic mass is 10.0. The quantitative estimate of drug-likeness (QED) is 0.0256. The van der Waals surface area contributed by atoms with Gasteiger partial charge in [-0.2, -0.15) is 0 Å². The van der Waals surface area contributed by atoms with Gasteiger partial charge in [0.2, 0.25) is 0 Å². The number of anilines is 2. The molecule has 2 atom stereocenters. The third kappa shape index (κ3) is 35.2. The van der Waals surface area contributed by atoms with Crippen LogP contribution in [0.3, 0.4) is 0 Å². The summed E-state index contributed by atoms with van der Waals surface area (Å²) in [6.07, 6.45) is 0.653. The second-order valence-corrected chi connectivity index (χ2v) is 22.8. The smallest absolute Gasteiger partial charge is 0.317 e. The van der Waals surface area contributed by atoms with Gasteiger partial charge in [-0.3, -0.25) is 77.6 Å². The Morgan fingerprint density at radius 2 is 0.587 bits per heavy atom. The lowest BCUT2D eigenvalue weighted by Crippen LogP contribution is -2.53. The molecule has 12 N–H and O–H groups in total. The Hall–Kier alpha value is -6.90. The first-order valence-corrected chi connectivity index (χ1v) is 30.9. The van der Waals surface area contributed by atoms with Crippen LogP contribution in [0.2, 0.25) is 0 Å². The molecule has 514 valence electrons. The second kappa shape index (κ2) is 43.8. The van der Waals surface area contributed by atoms with Gasteiger partial charge in [0.1, 0.15) is 0 Å². The van der Waals surface area contributed by atoms with Gasteiger partial charge in [0.25, 0.3) is 0 Å². The van der Waals surface area contributed by atoms with Crippen LogP contribution in [0.15, 0.2) is 48.5 Å². The number of ether oxygens (including phenoxy) is 4. The van der Waals surface area contributed by atoms with E-state index in [1.165, 1.54) is 0 Å². The van der Waals surface area contributed by atoms with Crippen LogP contribution in [0.1, 0.15) is 11.1 Å². The zero-order valence-corrected chi connectivity index (χ0v) is 53.3. The Kier molecular flexibility index (Phi) is 37.0. The molecule has 92 heavy (non-hydrogen) atoms. The molecule has 2 heterocycles. The van der Waals surface area contributed by atoms with Gasteiger partial charge in [0, 0.05) is 128 Å². The molecule has 4 rings (SSSR count). The Balaban J connectivity index is 1.10. The van der Waals surface area contributed by atoms with Crippen molar-refractivity contribution in [1.82, 2.24) is 49.8 Å². The molecule has 0 spiro atoms. The number of hydrogen-bond donors (Lipinski definition) is 12. The number of nitrogens with one attached hydrogen (secondary N) is 4. The predicted octanol–water partition coefficient (Wildman–Crippen LogP) is -2.03. The van der Waals surface area contributed by atoms with Crippen LogP contribution < -0.4 is 21.3 Å². The maximum atomic E-state index is 12.1. The first-order chi connectivity index (χ1) is 44.0. The van der Waals surface area contributed by atoms with E-state index in [0.717, 1.165) is 11.1 Å². The highest BCUT2D eigenvalue weighted by molar-refractivity contribution is 7.80. The summed E-state index contributed by atoms with van der Waals surface area (Å²) in [6, 6.07) is 13.6. The van der Waals surface area contributed by atoms with Crippen molar-refractivity contribution < 1.29 is 98.2 Å². The maximum absolute atomic E-state index is 12.1. The molecule has 0 radical (unpaired) electrons. The lowest BCUT2D eigenvalue weighted by Gasteiger charge is -2.37. The number of rotatable bonds is 37. The van der Waals surface area contributed by atoms with Crippen LogP contribution in [0, 0.1) is 0 Å². The van der Waals surface area contributed by atoms with E-state index in [9.17, 15) is 79.2 Å². The van der Waals surface area contributed by atoms with Gasteiger partial charge in [0.15, 0.2) is 10.2 Å². The van der Waals surface area contributed by atoms with Gasteiger partial charge < -0.3 is 81.1 Å². The molecule has 2 saturated heterocycles. The third-order valence-corrected chi connectivity index (χ3v) is 15.2. The van der Waals surface area contributed by atoms with E-state index in [-0.39, 0.29) is 144 Å². The highest BCUT2D eigenvalue weighted by Gasteiger charge is 2.30. The molecular weight excluding hydrogens is 1250 g/mol. The molecule has 0 aromatic heterocycles. The number of carbonyl (C=O) groups is 8. The largest absolute Gasteiger partial charge is 0.480 e. The van der Waals surface area contributed by atoms with Gasteiger partial charge in [-0.15, -0.1) is 0 Å². The minimum Gasteiger partial charge on any atom is -0.480 e. The standard InChI is InChI=1S/C58H90N12O20S2/c71-49(72)35-63-11-13-65(37-51(75)76)19-21-69(41-55(83)84)47(33-67(17-15-63)39-53(79)80)31-43-1-5-45(6-2-43)61-57(91)59-9-23-87-25-27-89-29-30-90-28-26-88-24-10-60-58(92)62-46-7-3-44(4-8-46)32-48-34-68(40-54(81)82)18-16-64(36-50(73)74)12-14-66(38-52(77)78)20-22-70(48)42-56(85)86/h1-8,47-48H,9-42H2,(H,71,72)(H,73,74)(H,75,76)(H,77,78)(H,79,80)(H,81,82)(H,83,84)(H,85,86)(H2,59,61,91)(H2,60,62,92). The molecule has 0 amide bonds. The summed E-state index contributed by atoms with van der Waals surface area (Å²) in [5, 5.41) is 90.6. The molecule has 32 nitrogen and oxygen atoms in total. The zero-order chi connectivity index (χ0) is 67.2. The summed E-state index contributed by atoms with van der Waals surface area (Å²) in [6.45, 7) is 3.50. The summed E-state index contributed by atoms with van der Waals surface area (Å²) >= 11 is 10.9. The van der Waals surface area contributed by atoms with Crippen molar-refractivity contribution in [2.75, 3.05) is 221 Å². The summed E-state index contributed by atoms with van der Waals surface area (Å²) in [5.74, 6) is -8.69. The number of carboxylic acids is 8. The Morgan fingerprint density at radius 3 is 0.859 bits per heavy atom. The van der Waals surface area contributed by atoms with Crippen molar-refractivity contribution in [2.24, 2.45) is 0 Å². The van der Waals surface area contributed by atoms with Gasteiger partial charge in [0.05, 0.1) is 105 Å². The molecule has 2 aliphatic rings. The van der Waals surface area contributed by atoms with Crippen molar-refractivity contribution in [3.63, 3.8) is 0 Å². The van der Waals surface area contributed by atoms with E-state index in [4.69, 9.17) is 43.4 Å². The van der Waals surface area contributed by atoms with E-state index in [1.807, 2.05) is 48.5 Å². The zero-order valence-electron chi connectivity index (χ0n) is 51.7. The monoisotopic (exact) mass is 1340 g/mol. The summed E-state index contributed by atoms with van der Waals surface area (Å²) in [7, 11) is 0. The molecule has 0 bridgehead atoms. The topological polar surface area (TPSA) is 409 Å². The summed E-state index contributed by atoms with van der Waals surface area (Å²) < 4.78 is 22.5. The molecular formula is C58H90N12O20S2. The molecule has 2 aromatic rings. The molecule has 2 aromatic carbocycles. The highest BCUT2D eigenvalue weighted by atomic mass is 32.1. The van der Waals surface area contributed by atoms with E-state index in [1.54, 1.807) is 39.2 Å². The minimum atomic E-state index is -1.10. The third-order valence-electron chi connectivity index (χ3n) is 14.7. The Bertz CT molecular complexity index is 2460. The van der Waals surface area contributed by atoms with Crippen LogP contribution in [0.25, 0.3) is 0 Å². The molecule has 0 aliphatic carbocycles. The predicted molar refractivity (Wildman–Crippen MR) is 342 cm³/mol. The molecule has 2 unspecified atom stereocenters. The van der Waals surface area contributed by atoms with Crippen LogP contribution in [-0.2, 0) is 70.1 Å². The number of thiocarbonyl (C=S) groups is 2. The average Bonchev–Trinajstić information content (AvgIpc) is 1.15. The van der Waals surface area contributed by atoms with Crippen LogP contribution in [0.4, 0.5) is 11.4 Å². The summed E-state index contributed by atoms with van der Waals surface area (Å²) in [4.78, 5) is 108. The number of aliphatic carboxylic acids is 8. The van der Waals surface area contributed by atoms with Crippen molar-refractivity contribution in [1.29, 1.82) is 0 Å². The number of carboxylic acid groups (broad SMARTS) is 8. The average molecular weight is 1340 g/mol. The first kappa shape index (κ1) is 77.5. The Labute approximate surface area is 544 Å². The number of hydrogen-bond acceptors (Lipinski definition) is 22. The second-order valence-electron chi connectivity index (χ2n) is 22.0. The van der Waals surface area contributed by atoms with Gasteiger partial charge in [-0.25, -0.2) is 0 Å². The van der Waals surface area contributed by atoms with E-state index in [2.05, 4.69) is 21.3 Å². The molecule has 2 aliphatic heterocycles. The van der Waals surface area contributed by atoms with Crippen LogP contribution >= 0.6 is 24.4 Å². The molecule has 0 saturated carbocycles. The van der Waals surface area contributed by atoms with Gasteiger partial charge >= 0.3 is 47.8 Å². The van der Waals surface area contributed by atoms with Crippen LogP contribution in [0.5, 0.6) is 0 Å². The fourth-order valence-electron chi connectivity index (χ4n) is 10.3. The highest BCUT2D eigenvalue weighted by Crippen LogP contribution is 2.19. The Morgan fingerprint density at radius 1 is 0.348 bits per heavy atom. The van der Waals surface area contributed by atoms with Crippen molar-refractivity contribution in [2.45, 2.75) is 24.9 Å².